The molecule has 0 aromatic carbocycles. The Bertz CT molecular complexity index is 149. The second kappa shape index (κ2) is 4.45. The van der Waals surface area contributed by atoms with Gasteiger partial charge in [-0.3, -0.25) is 0 Å². The van der Waals surface area contributed by atoms with Gasteiger partial charge in [0.15, 0.2) is 0 Å². The number of hydrogen-bond acceptors (Lipinski definition) is 1. The van der Waals surface area contributed by atoms with Crippen LogP contribution in [0, 0.1) is 17.8 Å². The lowest BCUT2D eigenvalue weighted by Crippen LogP contribution is -2.23. The molecular weight excluding hydrogens is 160 g/mol. The molecule has 1 heteroatoms. The van der Waals surface area contributed by atoms with Crippen molar-refractivity contribution in [2.24, 2.45) is 17.8 Å². The van der Waals surface area contributed by atoms with E-state index >= 15 is 0 Å². The third-order valence-electron chi connectivity index (χ3n) is 4.21. The molecule has 2 rings (SSSR count). The predicted molar refractivity (Wildman–Crippen MR) is 54.5 cm³/mol. The molecule has 0 bridgehead atoms. The third kappa shape index (κ3) is 2.07. The Hall–Kier alpha value is -0.0400. The molecule has 0 saturated heterocycles. The highest BCUT2D eigenvalue weighted by Gasteiger charge is 2.33. The largest absolute Gasteiger partial charge is 0.396 e. The third-order valence-corrected chi connectivity index (χ3v) is 4.21. The van der Waals surface area contributed by atoms with E-state index in [0.717, 1.165) is 11.8 Å². The van der Waals surface area contributed by atoms with Gasteiger partial charge in [-0.1, -0.05) is 38.5 Å². The van der Waals surface area contributed by atoms with Crippen LogP contribution in [-0.2, 0) is 0 Å². The average molecular weight is 182 g/mol. The molecule has 0 radical (unpaired) electrons. The van der Waals surface area contributed by atoms with E-state index in [1.807, 2.05) is 0 Å². The van der Waals surface area contributed by atoms with Gasteiger partial charge >= 0.3 is 0 Å². The zero-order chi connectivity index (χ0) is 9.10. The number of aliphatic hydroxyl groups excluding tert-OH is 1. The molecule has 2 unspecified atom stereocenters. The van der Waals surface area contributed by atoms with Crippen molar-refractivity contribution in [1.82, 2.24) is 0 Å². The SMILES string of the molecule is OCC1CCCC1C1CCCCC1. The van der Waals surface area contributed by atoms with Crippen molar-refractivity contribution < 1.29 is 5.11 Å². The highest BCUT2D eigenvalue weighted by Crippen LogP contribution is 2.42. The molecule has 76 valence electrons. The van der Waals surface area contributed by atoms with Crippen molar-refractivity contribution in [2.75, 3.05) is 6.61 Å². The fourth-order valence-electron chi connectivity index (χ4n) is 3.48. The van der Waals surface area contributed by atoms with Gasteiger partial charge in [-0.15, -0.1) is 0 Å². The lowest BCUT2D eigenvalue weighted by molar-refractivity contribution is 0.137. The minimum atomic E-state index is 0.446. The topological polar surface area (TPSA) is 20.2 Å². The summed E-state index contributed by atoms with van der Waals surface area (Å²) in [6.45, 7) is 0.446. The van der Waals surface area contributed by atoms with E-state index in [1.54, 1.807) is 0 Å². The van der Waals surface area contributed by atoms with Gasteiger partial charge in [0.25, 0.3) is 0 Å². The van der Waals surface area contributed by atoms with Gasteiger partial charge in [0.1, 0.15) is 0 Å². The first-order valence-corrected chi connectivity index (χ1v) is 6.02. The Morgan fingerprint density at radius 1 is 0.846 bits per heavy atom. The summed E-state index contributed by atoms with van der Waals surface area (Å²) in [6.07, 6.45) is 11.3. The van der Waals surface area contributed by atoms with Crippen LogP contribution in [0.5, 0.6) is 0 Å². The van der Waals surface area contributed by atoms with Gasteiger partial charge in [-0.05, 0) is 30.6 Å². The number of aliphatic hydroxyl groups is 1. The lowest BCUT2D eigenvalue weighted by atomic mass is 9.76. The molecule has 2 fully saturated rings. The summed E-state index contributed by atoms with van der Waals surface area (Å²) in [4.78, 5) is 0. The Morgan fingerprint density at radius 2 is 1.62 bits per heavy atom. The summed E-state index contributed by atoms with van der Waals surface area (Å²) < 4.78 is 0. The molecule has 0 aromatic heterocycles. The van der Waals surface area contributed by atoms with Crippen molar-refractivity contribution in [2.45, 2.75) is 51.4 Å². The molecule has 1 N–H and O–H groups in total. The zero-order valence-electron chi connectivity index (χ0n) is 8.54. The Balaban J connectivity index is 1.90. The minimum absolute atomic E-state index is 0.446. The van der Waals surface area contributed by atoms with Crippen LogP contribution in [0.25, 0.3) is 0 Å². The summed E-state index contributed by atoms with van der Waals surface area (Å²) in [5.41, 5.74) is 0. The maximum atomic E-state index is 9.27. The Morgan fingerprint density at radius 3 is 2.31 bits per heavy atom. The van der Waals surface area contributed by atoms with Crippen LogP contribution in [0.1, 0.15) is 51.4 Å². The maximum Gasteiger partial charge on any atom is 0.0462 e. The van der Waals surface area contributed by atoms with E-state index in [2.05, 4.69) is 0 Å². The molecule has 0 aliphatic heterocycles. The van der Waals surface area contributed by atoms with Gasteiger partial charge < -0.3 is 5.11 Å². The predicted octanol–water partition coefficient (Wildman–Crippen LogP) is 2.98. The first-order valence-electron chi connectivity index (χ1n) is 6.02. The maximum absolute atomic E-state index is 9.27. The van der Waals surface area contributed by atoms with Gasteiger partial charge in [0, 0.05) is 6.61 Å². The first-order chi connectivity index (χ1) is 6.42. The van der Waals surface area contributed by atoms with Crippen molar-refractivity contribution in [3.05, 3.63) is 0 Å². The van der Waals surface area contributed by atoms with E-state index in [1.165, 1.54) is 51.4 Å². The van der Waals surface area contributed by atoms with Gasteiger partial charge in [-0.2, -0.15) is 0 Å². The first kappa shape index (κ1) is 9.51. The van der Waals surface area contributed by atoms with Crippen LogP contribution in [-0.4, -0.2) is 11.7 Å². The van der Waals surface area contributed by atoms with Crippen molar-refractivity contribution in [3.8, 4) is 0 Å². The fraction of sp³-hybridized carbons (Fsp3) is 1.00. The van der Waals surface area contributed by atoms with Crippen molar-refractivity contribution >= 4 is 0 Å². The van der Waals surface area contributed by atoms with Crippen LogP contribution < -0.4 is 0 Å². The number of rotatable bonds is 2. The summed E-state index contributed by atoms with van der Waals surface area (Å²) in [6, 6.07) is 0. The van der Waals surface area contributed by atoms with E-state index in [4.69, 9.17) is 0 Å². The fourth-order valence-corrected chi connectivity index (χ4v) is 3.48. The molecule has 0 aromatic rings. The van der Waals surface area contributed by atoms with Gasteiger partial charge in [0.2, 0.25) is 0 Å². The second-order valence-electron chi connectivity index (χ2n) is 4.94. The highest BCUT2D eigenvalue weighted by atomic mass is 16.3. The monoisotopic (exact) mass is 182 g/mol. The van der Waals surface area contributed by atoms with Crippen LogP contribution in [0.15, 0.2) is 0 Å². The van der Waals surface area contributed by atoms with Crippen LogP contribution in [0.3, 0.4) is 0 Å². The molecule has 13 heavy (non-hydrogen) atoms. The van der Waals surface area contributed by atoms with Crippen molar-refractivity contribution in [3.63, 3.8) is 0 Å². The summed E-state index contributed by atoms with van der Waals surface area (Å²) >= 11 is 0. The standard InChI is InChI=1S/C12H22O/c13-9-11-7-4-8-12(11)10-5-2-1-3-6-10/h10-13H,1-9H2. The van der Waals surface area contributed by atoms with E-state index in [0.29, 0.717) is 12.5 Å². The molecule has 0 heterocycles. The average Bonchev–Trinajstić information content (AvgIpc) is 2.67. The summed E-state index contributed by atoms with van der Waals surface area (Å²) in [5.74, 6) is 2.50. The van der Waals surface area contributed by atoms with E-state index < -0.39 is 0 Å². The van der Waals surface area contributed by atoms with Gasteiger partial charge in [0.05, 0.1) is 0 Å². The molecule has 2 saturated carbocycles. The molecule has 2 atom stereocenters. The molecule has 1 nitrogen and oxygen atoms in total. The molecule has 2 aliphatic carbocycles. The van der Waals surface area contributed by atoms with Crippen LogP contribution in [0.2, 0.25) is 0 Å². The van der Waals surface area contributed by atoms with Crippen molar-refractivity contribution in [1.29, 1.82) is 0 Å². The summed E-state index contributed by atoms with van der Waals surface area (Å²) in [5, 5.41) is 9.27. The quantitative estimate of drug-likeness (QED) is 0.696. The number of hydrogen-bond donors (Lipinski definition) is 1. The molecular formula is C12H22O. The smallest absolute Gasteiger partial charge is 0.0462 e. The molecule has 0 spiro atoms. The Labute approximate surface area is 81.5 Å². The minimum Gasteiger partial charge on any atom is -0.396 e. The van der Waals surface area contributed by atoms with E-state index in [-0.39, 0.29) is 0 Å². The lowest BCUT2D eigenvalue weighted by Gasteiger charge is -2.30. The zero-order valence-corrected chi connectivity index (χ0v) is 8.54. The molecule has 0 amide bonds. The molecule has 2 aliphatic rings. The van der Waals surface area contributed by atoms with Crippen LogP contribution >= 0.6 is 0 Å². The van der Waals surface area contributed by atoms with Gasteiger partial charge in [-0.25, -0.2) is 0 Å². The van der Waals surface area contributed by atoms with Crippen LogP contribution in [0.4, 0.5) is 0 Å². The summed E-state index contributed by atoms with van der Waals surface area (Å²) in [7, 11) is 0. The highest BCUT2D eigenvalue weighted by molar-refractivity contribution is 4.83. The Kier molecular flexibility index (Phi) is 3.26. The second-order valence-corrected chi connectivity index (χ2v) is 4.94. The van der Waals surface area contributed by atoms with E-state index in [9.17, 15) is 5.11 Å². The normalized spacial score (nSPS) is 36.7.